The van der Waals surface area contributed by atoms with Crippen LogP contribution in [-0.2, 0) is 9.53 Å². The zero-order valence-corrected chi connectivity index (χ0v) is 13.4. The predicted molar refractivity (Wildman–Crippen MR) is 89.7 cm³/mol. The number of hydrogen-bond acceptors (Lipinski definition) is 5. The summed E-state index contributed by atoms with van der Waals surface area (Å²) in [4.78, 5) is 16.7. The van der Waals surface area contributed by atoms with Crippen LogP contribution in [0.5, 0.6) is 0 Å². The molecule has 7 nitrogen and oxygen atoms in total. The molecule has 1 aliphatic heterocycles. The average Bonchev–Trinajstić information content (AvgIpc) is 3.33. The fourth-order valence-corrected chi connectivity index (χ4v) is 2.87. The number of amides is 1. The number of aromatic nitrogens is 3. The van der Waals surface area contributed by atoms with Gasteiger partial charge in [0, 0.05) is 36.2 Å². The predicted octanol–water partition coefficient (Wildman–Crippen LogP) is 1.67. The molecular formula is C17H21N5O2. The Bertz CT molecular complexity index is 719. The van der Waals surface area contributed by atoms with E-state index in [1.165, 1.54) is 12.8 Å². The van der Waals surface area contributed by atoms with Gasteiger partial charge in [-0.1, -0.05) is 12.1 Å². The fraction of sp³-hybridized carbons (Fsp3) is 0.471. The van der Waals surface area contributed by atoms with E-state index in [0.717, 1.165) is 23.6 Å². The maximum Gasteiger partial charge on any atom is 0.226 e. The molecule has 24 heavy (non-hydrogen) atoms. The first-order chi connectivity index (χ1) is 11.8. The Hall–Kier alpha value is -2.25. The number of morpholine rings is 1. The number of anilines is 1. The van der Waals surface area contributed by atoms with Gasteiger partial charge in [-0.3, -0.25) is 9.89 Å². The summed E-state index contributed by atoms with van der Waals surface area (Å²) in [5.74, 6) is 2.15. The monoisotopic (exact) mass is 327 g/mol. The molecule has 2 heterocycles. The van der Waals surface area contributed by atoms with E-state index in [1.54, 1.807) is 0 Å². The highest BCUT2D eigenvalue weighted by Gasteiger charge is 2.27. The van der Waals surface area contributed by atoms with Crippen LogP contribution >= 0.6 is 0 Å². The summed E-state index contributed by atoms with van der Waals surface area (Å²) in [6, 6.07) is 7.71. The van der Waals surface area contributed by atoms with E-state index in [-0.39, 0.29) is 11.9 Å². The fourth-order valence-electron chi connectivity index (χ4n) is 2.87. The van der Waals surface area contributed by atoms with E-state index >= 15 is 0 Å². The molecule has 7 heteroatoms. The molecule has 1 aromatic heterocycles. The minimum Gasteiger partial charge on any atom is -0.378 e. The number of ether oxygens (including phenoxy) is 1. The van der Waals surface area contributed by atoms with Crippen molar-refractivity contribution in [3.05, 3.63) is 30.1 Å². The van der Waals surface area contributed by atoms with Gasteiger partial charge in [-0.2, -0.15) is 5.10 Å². The van der Waals surface area contributed by atoms with Gasteiger partial charge in [0.25, 0.3) is 0 Å². The van der Waals surface area contributed by atoms with Crippen LogP contribution in [0, 0.1) is 0 Å². The third kappa shape index (κ3) is 3.63. The van der Waals surface area contributed by atoms with Crippen molar-refractivity contribution in [1.29, 1.82) is 0 Å². The molecule has 3 N–H and O–H groups in total. The molecule has 2 aliphatic rings. The van der Waals surface area contributed by atoms with Gasteiger partial charge < -0.3 is 15.4 Å². The van der Waals surface area contributed by atoms with E-state index < -0.39 is 0 Å². The second kappa shape index (κ2) is 6.70. The third-order valence-corrected chi connectivity index (χ3v) is 4.30. The number of benzene rings is 1. The van der Waals surface area contributed by atoms with Gasteiger partial charge in [-0.15, -0.1) is 0 Å². The Kier molecular flexibility index (Phi) is 4.27. The van der Waals surface area contributed by atoms with Gasteiger partial charge in [0.1, 0.15) is 5.82 Å². The normalized spacial score (nSPS) is 20.8. The van der Waals surface area contributed by atoms with Crippen LogP contribution in [0.2, 0.25) is 0 Å². The Balaban J connectivity index is 1.40. The molecule has 1 saturated heterocycles. The van der Waals surface area contributed by atoms with Crippen LogP contribution < -0.4 is 10.6 Å². The molecule has 1 atom stereocenters. The molecule has 4 rings (SSSR count). The van der Waals surface area contributed by atoms with E-state index in [2.05, 4.69) is 25.8 Å². The number of aromatic amines is 1. The van der Waals surface area contributed by atoms with Gasteiger partial charge in [0.2, 0.25) is 5.91 Å². The number of nitrogens with one attached hydrogen (secondary N) is 3. The highest BCUT2D eigenvalue weighted by molar-refractivity contribution is 5.91. The first-order valence-electron chi connectivity index (χ1n) is 8.41. The summed E-state index contributed by atoms with van der Waals surface area (Å²) in [7, 11) is 0. The second-order valence-electron chi connectivity index (χ2n) is 6.38. The topological polar surface area (TPSA) is 91.9 Å². The van der Waals surface area contributed by atoms with Crippen molar-refractivity contribution in [3.8, 4) is 11.4 Å². The number of rotatable bonds is 5. The molecule has 2 aromatic rings. The molecule has 0 radical (unpaired) electrons. The highest BCUT2D eigenvalue weighted by Crippen LogP contribution is 2.38. The molecule has 126 valence electrons. The molecule has 1 aliphatic carbocycles. The van der Waals surface area contributed by atoms with Crippen molar-refractivity contribution in [2.45, 2.75) is 31.2 Å². The zero-order chi connectivity index (χ0) is 16.4. The summed E-state index contributed by atoms with van der Waals surface area (Å²) >= 11 is 0. The number of hydrogen-bond donors (Lipinski definition) is 3. The van der Waals surface area contributed by atoms with Crippen LogP contribution in [0.15, 0.2) is 24.3 Å². The number of carbonyl (C=O) groups excluding carboxylic acids is 1. The Labute approximate surface area is 140 Å². The smallest absolute Gasteiger partial charge is 0.226 e. The quantitative estimate of drug-likeness (QED) is 0.777. The first-order valence-corrected chi connectivity index (χ1v) is 8.41. The minimum absolute atomic E-state index is 0.0243. The maximum atomic E-state index is 12.2. The molecule has 1 saturated carbocycles. The Morgan fingerprint density at radius 3 is 3.08 bits per heavy atom. The van der Waals surface area contributed by atoms with Crippen molar-refractivity contribution in [3.63, 3.8) is 0 Å². The van der Waals surface area contributed by atoms with Crippen LogP contribution in [-0.4, -0.2) is 46.9 Å². The Morgan fingerprint density at radius 1 is 1.38 bits per heavy atom. The van der Waals surface area contributed by atoms with Gasteiger partial charge in [0.05, 0.1) is 13.2 Å². The first kappa shape index (κ1) is 15.3. The standard InChI is InChI=1S/C17H21N5O2/c23-15(9-14-10-24-7-6-18-14)19-13-3-1-2-12(8-13)17-20-16(21-22-17)11-4-5-11/h1-3,8,11,14,18H,4-7,9-10H2,(H,19,23)(H,20,21,22). The lowest BCUT2D eigenvalue weighted by atomic mass is 10.1. The van der Waals surface area contributed by atoms with Crippen molar-refractivity contribution in [2.75, 3.05) is 25.1 Å². The van der Waals surface area contributed by atoms with E-state index in [0.29, 0.717) is 31.4 Å². The lowest BCUT2D eigenvalue weighted by Gasteiger charge is -2.23. The molecule has 0 bridgehead atoms. The van der Waals surface area contributed by atoms with Crippen LogP contribution in [0.1, 0.15) is 31.0 Å². The summed E-state index contributed by atoms with van der Waals surface area (Å²) in [6.45, 7) is 2.08. The van der Waals surface area contributed by atoms with Crippen molar-refractivity contribution in [2.24, 2.45) is 0 Å². The van der Waals surface area contributed by atoms with Crippen molar-refractivity contribution < 1.29 is 9.53 Å². The summed E-state index contributed by atoms with van der Waals surface area (Å²) in [5.41, 5.74) is 1.65. The van der Waals surface area contributed by atoms with Crippen LogP contribution in [0.25, 0.3) is 11.4 Å². The average molecular weight is 327 g/mol. The van der Waals surface area contributed by atoms with E-state index in [4.69, 9.17) is 4.74 Å². The van der Waals surface area contributed by atoms with Gasteiger partial charge in [0.15, 0.2) is 5.82 Å². The van der Waals surface area contributed by atoms with Gasteiger partial charge in [-0.05, 0) is 25.0 Å². The van der Waals surface area contributed by atoms with Crippen LogP contribution in [0.4, 0.5) is 5.69 Å². The summed E-state index contributed by atoms with van der Waals surface area (Å²) < 4.78 is 5.37. The SMILES string of the molecule is O=C(CC1COCCN1)Nc1cccc(-c2n[nH]c(C3CC3)n2)c1. The Morgan fingerprint density at radius 2 is 2.29 bits per heavy atom. The molecule has 2 fully saturated rings. The zero-order valence-electron chi connectivity index (χ0n) is 13.4. The minimum atomic E-state index is -0.0243. The number of nitrogens with zero attached hydrogens (tertiary/aromatic N) is 2. The third-order valence-electron chi connectivity index (χ3n) is 4.30. The maximum absolute atomic E-state index is 12.2. The lowest BCUT2D eigenvalue weighted by Crippen LogP contribution is -2.43. The van der Waals surface area contributed by atoms with Gasteiger partial charge >= 0.3 is 0 Å². The number of H-pyrrole nitrogens is 1. The largest absolute Gasteiger partial charge is 0.378 e. The molecular weight excluding hydrogens is 306 g/mol. The molecule has 1 amide bonds. The summed E-state index contributed by atoms with van der Waals surface area (Å²) in [5, 5.41) is 13.5. The van der Waals surface area contributed by atoms with Crippen LogP contribution in [0.3, 0.4) is 0 Å². The van der Waals surface area contributed by atoms with Crippen molar-refractivity contribution in [1.82, 2.24) is 20.5 Å². The highest BCUT2D eigenvalue weighted by atomic mass is 16.5. The molecule has 0 spiro atoms. The second-order valence-corrected chi connectivity index (χ2v) is 6.38. The number of carbonyl (C=O) groups is 1. The van der Waals surface area contributed by atoms with Gasteiger partial charge in [-0.25, -0.2) is 4.98 Å². The van der Waals surface area contributed by atoms with E-state index in [9.17, 15) is 4.79 Å². The molecule has 1 unspecified atom stereocenters. The summed E-state index contributed by atoms with van der Waals surface area (Å²) in [6.07, 6.45) is 2.77. The van der Waals surface area contributed by atoms with E-state index in [1.807, 2.05) is 24.3 Å². The molecule has 1 aromatic carbocycles. The lowest BCUT2D eigenvalue weighted by molar-refractivity contribution is -0.117. The van der Waals surface area contributed by atoms with Crippen molar-refractivity contribution >= 4 is 11.6 Å².